The highest BCUT2D eigenvalue weighted by molar-refractivity contribution is 5.43. The van der Waals surface area contributed by atoms with E-state index in [9.17, 15) is 5.11 Å². The van der Waals surface area contributed by atoms with Crippen LogP contribution >= 0.6 is 0 Å². The van der Waals surface area contributed by atoms with E-state index in [1.165, 1.54) is 5.56 Å². The zero-order chi connectivity index (χ0) is 24.0. The number of aryl methyl sites for hydroxylation is 2. The number of ether oxygens (including phenoxy) is 3. The molecule has 2 aromatic carbocycles. The second-order valence-electron chi connectivity index (χ2n) is 9.16. The first-order chi connectivity index (χ1) is 16.4. The highest BCUT2D eigenvalue weighted by Crippen LogP contribution is 2.30. The molecule has 4 rings (SSSR count). The molecule has 3 aromatic rings. The van der Waals surface area contributed by atoms with Crippen molar-refractivity contribution in [2.24, 2.45) is 0 Å². The van der Waals surface area contributed by atoms with Crippen LogP contribution in [0.25, 0.3) is 0 Å². The maximum atomic E-state index is 11.1. The Morgan fingerprint density at radius 2 is 1.79 bits per heavy atom. The Hall–Kier alpha value is -3.03. The molecule has 0 radical (unpaired) electrons. The van der Waals surface area contributed by atoms with Gasteiger partial charge in [-0.3, -0.25) is 9.58 Å². The number of hydrogen-bond donors (Lipinski definition) is 1. The lowest BCUT2D eigenvalue weighted by atomic mass is 9.92. The van der Waals surface area contributed by atoms with Crippen molar-refractivity contribution in [1.82, 2.24) is 14.7 Å². The van der Waals surface area contributed by atoms with Gasteiger partial charge >= 0.3 is 0 Å². The van der Waals surface area contributed by atoms with Crippen molar-refractivity contribution in [2.75, 3.05) is 33.4 Å². The molecular formula is C27H35N3O4. The number of aromatic nitrogens is 2. The number of likely N-dealkylation sites (tertiary alicyclic amines) is 1. The largest absolute Gasteiger partial charge is 0.493 e. The molecule has 182 valence electrons. The van der Waals surface area contributed by atoms with Crippen LogP contribution in [-0.2, 0) is 13.1 Å². The van der Waals surface area contributed by atoms with E-state index in [-0.39, 0.29) is 0 Å². The van der Waals surface area contributed by atoms with Crippen LogP contribution in [0.1, 0.15) is 29.5 Å². The third-order valence-corrected chi connectivity index (χ3v) is 6.38. The van der Waals surface area contributed by atoms with E-state index < -0.39 is 5.60 Å². The minimum absolute atomic E-state index is 0.321. The fourth-order valence-corrected chi connectivity index (χ4v) is 4.32. The molecule has 1 aliphatic rings. The number of piperidine rings is 1. The summed E-state index contributed by atoms with van der Waals surface area (Å²) >= 11 is 0. The van der Waals surface area contributed by atoms with Crippen molar-refractivity contribution in [3.63, 3.8) is 0 Å². The van der Waals surface area contributed by atoms with Crippen molar-refractivity contribution in [1.29, 1.82) is 0 Å². The second kappa shape index (κ2) is 10.9. The molecule has 0 spiro atoms. The van der Waals surface area contributed by atoms with E-state index in [1.807, 2.05) is 48.1 Å². The van der Waals surface area contributed by atoms with Crippen molar-refractivity contribution in [2.45, 2.75) is 45.4 Å². The molecule has 7 heteroatoms. The molecule has 0 amide bonds. The molecule has 1 saturated heterocycles. The van der Waals surface area contributed by atoms with Gasteiger partial charge in [-0.2, -0.15) is 5.10 Å². The summed E-state index contributed by atoms with van der Waals surface area (Å²) in [6.45, 7) is 8.05. The summed E-state index contributed by atoms with van der Waals surface area (Å²) in [4.78, 5) is 2.36. The summed E-state index contributed by atoms with van der Waals surface area (Å²) < 4.78 is 19.3. The third-order valence-electron chi connectivity index (χ3n) is 6.38. The Morgan fingerprint density at radius 1 is 1.00 bits per heavy atom. The van der Waals surface area contributed by atoms with E-state index >= 15 is 0 Å². The van der Waals surface area contributed by atoms with Gasteiger partial charge in [0.05, 0.1) is 13.7 Å². The fourth-order valence-electron chi connectivity index (χ4n) is 4.32. The number of methoxy groups -OCH3 is 1. The summed E-state index contributed by atoms with van der Waals surface area (Å²) in [5, 5.41) is 15.3. The Balaban J connectivity index is 1.28. The van der Waals surface area contributed by atoms with Crippen molar-refractivity contribution < 1.29 is 19.3 Å². The van der Waals surface area contributed by atoms with E-state index in [1.54, 1.807) is 13.3 Å². The minimum Gasteiger partial charge on any atom is -0.493 e. The molecule has 1 aliphatic heterocycles. The van der Waals surface area contributed by atoms with Gasteiger partial charge in [0.1, 0.15) is 24.6 Å². The quantitative estimate of drug-likeness (QED) is 0.488. The molecule has 0 bridgehead atoms. The molecule has 0 aliphatic carbocycles. The maximum Gasteiger partial charge on any atom is 0.161 e. The van der Waals surface area contributed by atoms with Crippen LogP contribution in [0.2, 0.25) is 0 Å². The van der Waals surface area contributed by atoms with E-state index in [4.69, 9.17) is 14.2 Å². The Kier molecular flexibility index (Phi) is 7.75. The number of rotatable bonds is 10. The van der Waals surface area contributed by atoms with Crippen molar-refractivity contribution >= 4 is 0 Å². The minimum atomic E-state index is -0.797. The predicted octanol–water partition coefficient (Wildman–Crippen LogP) is 3.99. The van der Waals surface area contributed by atoms with Crippen molar-refractivity contribution in [3.8, 4) is 17.2 Å². The molecule has 0 atom stereocenters. The molecule has 7 nitrogen and oxygen atoms in total. The van der Waals surface area contributed by atoms with Gasteiger partial charge in [0.2, 0.25) is 0 Å². The molecular weight excluding hydrogens is 430 g/mol. The standard InChI is InChI=1S/C27H35N3O4/c1-21-5-7-24(22(2)17-21)34-20-27(31)9-13-29(14-10-27)19-23-6-8-25(32-3)26(18-23)33-16-15-30-12-4-11-28-30/h4-8,11-12,17-18,31H,9-10,13-16,19-20H2,1-3H3. The van der Waals surface area contributed by atoms with Gasteiger partial charge in [0, 0.05) is 32.0 Å². The van der Waals surface area contributed by atoms with Crippen LogP contribution in [0, 0.1) is 13.8 Å². The smallest absolute Gasteiger partial charge is 0.161 e. The third kappa shape index (κ3) is 6.30. The second-order valence-corrected chi connectivity index (χ2v) is 9.16. The molecule has 1 aromatic heterocycles. The van der Waals surface area contributed by atoms with Crippen LogP contribution < -0.4 is 14.2 Å². The predicted molar refractivity (Wildman–Crippen MR) is 132 cm³/mol. The SMILES string of the molecule is COc1ccc(CN2CCC(O)(COc3ccc(C)cc3C)CC2)cc1OCCn1cccn1. The first-order valence-corrected chi connectivity index (χ1v) is 11.9. The van der Waals surface area contributed by atoms with Gasteiger partial charge in [0.25, 0.3) is 0 Å². The summed E-state index contributed by atoms with van der Waals surface area (Å²) in [5.41, 5.74) is 2.67. The molecule has 34 heavy (non-hydrogen) atoms. The number of nitrogens with zero attached hydrogens (tertiary/aromatic N) is 3. The monoisotopic (exact) mass is 465 g/mol. The van der Waals surface area contributed by atoms with Crippen LogP contribution in [-0.4, -0.2) is 58.8 Å². The highest BCUT2D eigenvalue weighted by atomic mass is 16.5. The molecule has 2 heterocycles. The summed E-state index contributed by atoms with van der Waals surface area (Å²) in [7, 11) is 1.65. The van der Waals surface area contributed by atoms with E-state index in [0.717, 1.165) is 48.0 Å². The first-order valence-electron chi connectivity index (χ1n) is 11.9. The number of aliphatic hydroxyl groups is 1. The van der Waals surface area contributed by atoms with Gasteiger partial charge in [-0.1, -0.05) is 23.8 Å². The van der Waals surface area contributed by atoms with Gasteiger partial charge in [-0.05, 0) is 62.1 Å². The molecule has 0 unspecified atom stereocenters. The number of benzene rings is 2. The normalized spacial score (nSPS) is 15.8. The highest BCUT2D eigenvalue weighted by Gasteiger charge is 2.33. The van der Waals surface area contributed by atoms with Crippen LogP contribution in [0.4, 0.5) is 0 Å². The topological polar surface area (TPSA) is 69.0 Å². The molecule has 1 fully saturated rings. The van der Waals surface area contributed by atoms with Gasteiger partial charge in [-0.15, -0.1) is 0 Å². The Bertz CT molecular complexity index is 1060. The van der Waals surface area contributed by atoms with Gasteiger partial charge in [0.15, 0.2) is 11.5 Å². The summed E-state index contributed by atoms with van der Waals surface area (Å²) in [6, 6.07) is 14.1. The fraction of sp³-hybridized carbons (Fsp3) is 0.444. The first kappa shape index (κ1) is 24.1. The average Bonchev–Trinajstić information content (AvgIpc) is 3.34. The van der Waals surface area contributed by atoms with Crippen LogP contribution in [0.3, 0.4) is 0 Å². The van der Waals surface area contributed by atoms with E-state index in [0.29, 0.717) is 32.6 Å². The lowest BCUT2D eigenvalue weighted by Gasteiger charge is -2.38. The molecule has 1 N–H and O–H groups in total. The van der Waals surface area contributed by atoms with Gasteiger partial charge < -0.3 is 19.3 Å². The van der Waals surface area contributed by atoms with E-state index in [2.05, 4.69) is 29.1 Å². The summed E-state index contributed by atoms with van der Waals surface area (Å²) in [5.74, 6) is 2.31. The lowest BCUT2D eigenvalue weighted by Crippen LogP contribution is -2.47. The zero-order valence-electron chi connectivity index (χ0n) is 20.4. The van der Waals surface area contributed by atoms with Gasteiger partial charge in [-0.25, -0.2) is 0 Å². The molecule has 0 saturated carbocycles. The number of hydrogen-bond acceptors (Lipinski definition) is 6. The van der Waals surface area contributed by atoms with Crippen LogP contribution in [0.15, 0.2) is 54.9 Å². The lowest BCUT2D eigenvalue weighted by molar-refractivity contribution is -0.0538. The average molecular weight is 466 g/mol. The van der Waals surface area contributed by atoms with Crippen LogP contribution in [0.5, 0.6) is 17.2 Å². The maximum absolute atomic E-state index is 11.1. The Labute approximate surface area is 201 Å². The Morgan fingerprint density at radius 3 is 2.50 bits per heavy atom. The summed E-state index contributed by atoms with van der Waals surface area (Å²) in [6.07, 6.45) is 5.04. The van der Waals surface area contributed by atoms with Crippen molar-refractivity contribution in [3.05, 3.63) is 71.5 Å². The zero-order valence-corrected chi connectivity index (χ0v) is 20.4.